The number of aromatic nitrogens is 3. The number of halogens is 1. The molecule has 1 aromatic carbocycles. The molecule has 0 bridgehead atoms. The van der Waals surface area contributed by atoms with Gasteiger partial charge in [-0.2, -0.15) is 0 Å². The molecular formula is C18H25FN6O. The first-order valence-electron chi connectivity index (χ1n) is 8.87. The van der Waals surface area contributed by atoms with E-state index in [1.807, 2.05) is 25.1 Å². The van der Waals surface area contributed by atoms with Gasteiger partial charge in [0.25, 0.3) is 5.91 Å². The number of nitrogens with zero attached hydrogens (tertiary/aromatic N) is 4. The van der Waals surface area contributed by atoms with Gasteiger partial charge < -0.3 is 15.5 Å². The molecule has 1 fully saturated rings. The van der Waals surface area contributed by atoms with E-state index in [9.17, 15) is 9.18 Å². The van der Waals surface area contributed by atoms with Gasteiger partial charge in [-0.25, -0.2) is 9.07 Å². The van der Waals surface area contributed by atoms with E-state index in [0.717, 1.165) is 31.5 Å². The highest BCUT2D eigenvalue weighted by atomic mass is 19.1. The summed E-state index contributed by atoms with van der Waals surface area (Å²) in [7, 11) is 3.80. The van der Waals surface area contributed by atoms with Crippen LogP contribution < -0.4 is 10.6 Å². The van der Waals surface area contributed by atoms with Crippen molar-refractivity contribution in [3.05, 3.63) is 47.5 Å². The van der Waals surface area contributed by atoms with Crippen LogP contribution >= 0.6 is 0 Å². The molecule has 1 aliphatic heterocycles. The number of benzene rings is 1. The maximum atomic E-state index is 13.5. The van der Waals surface area contributed by atoms with Crippen LogP contribution in [0.5, 0.6) is 0 Å². The maximum Gasteiger partial charge on any atom is 0.273 e. The highest BCUT2D eigenvalue weighted by Gasteiger charge is 2.20. The maximum absolute atomic E-state index is 13.5. The van der Waals surface area contributed by atoms with Crippen molar-refractivity contribution in [2.75, 3.05) is 33.7 Å². The molecular weight excluding hydrogens is 335 g/mol. The summed E-state index contributed by atoms with van der Waals surface area (Å²) in [6, 6.07) is 6.58. The number of hydrogen-bond donors (Lipinski definition) is 2. The number of amides is 1. The molecule has 1 aromatic heterocycles. The minimum Gasteiger partial charge on any atom is -0.349 e. The van der Waals surface area contributed by atoms with E-state index in [2.05, 4.69) is 20.9 Å². The van der Waals surface area contributed by atoms with Crippen molar-refractivity contribution in [2.24, 2.45) is 0 Å². The normalized spacial score (nSPS) is 16.6. The second-order valence-electron chi connectivity index (χ2n) is 6.81. The summed E-state index contributed by atoms with van der Waals surface area (Å²) in [5.74, 6) is -0.556. The molecule has 7 nitrogen and oxygen atoms in total. The van der Waals surface area contributed by atoms with Gasteiger partial charge in [0.15, 0.2) is 5.69 Å². The number of piperidine rings is 1. The van der Waals surface area contributed by atoms with E-state index in [1.165, 1.54) is 12.1 Å². The van der Waals surface area contributed by atoms with Crippen molar-refractivity contribution < 1.29 is 9.18 Å². The van der Waals surface area contributed by atoms with Gasteiger partial charge in [0, 0.05) is 6.54 Å². The van der Waals surface area contributed by atoms with E-state index in [-0.39, 0.29) is 23.8 Å². The molecule has 3 rings (SSSR count). The highest BCUT2D eigenvalue weighted by molar-refractivity contribution is 5.91. The Labute approximate surface area is 152 Å². The molecule has 2 N–H and O–H groups in total. The average molecular weight is 360 g/mol. The molecule has 1 unspecified atom stereocenters. The molecule has 8 heteroatoms. The molecule has 1 amide bonds. The predicted molar refractivity (Wildman–Crippen MR) is 96.3 cm³/mol. The number of carbonyl (C=O) groups excluding carboxylic acids is 1. The Kier molecular flexibility index (Phi) is 5.95. The molecule has 0 aliphatic carbocycles. The van der Waals surface area contributed by atoms with Crippen LogP contribution in [0.15, 0.2) is 30.5 Å². The first-order valence-corrected chi connectivity index (χ1v) is 8.87. The van der Waals surface area contributed by atoms with Gasteiger partial charge in [-0.15, -0.1) is 5.10 Å². The Morgan fingerprint density at radius 1 is 1.42 bits per heavy atom. The molecule has 1 atom stereocenters. The molecule has 26 heavy (non-hydrogen) atoms. The van der Waals surface area contributed by atoms with Crippen molar-refractivity contribution in [1.29, 1.82) is 0 Å². The average Bonchev–Trinajstić information content (AvgIpc) is 3.12. The Balaban J connectivity index is 1.62. The molecule has 1 saturated heterocycles. The highest BCUT2D eigenvalue weighted by Crippen LogP contribution is 2.19. The van der Waals surface area contributed by atoms with Crippen LogP contribution in [0.1, 0.15) is 41.0 Å². The first kappa shape index (κ1) is 18.5. The summed E-state index contributed by atoms with van der Waals surface area (Å²) < 4.78 is 15.3. The van der Waals surface area contributed by atoms with Crippen LogP contribution in [0.25, 0.3) is 0 Å². The zero-order chi connectivity index (χ0) is 18.5. The van der Waals surface area contributed by atoms with E-state index < -0.39 is 0 Å². The van der Waals surface area contributed by atoms with Gasteiger partial charge in [0.1, 0.15) is 5.82 Å². The van der Waals surface area contributed by atoms with Crippen LogP contribution in [-0.4, -0.2) is 59.5 Å². The van der Waals surface area contributed by atoms with Gasteiger partial charge in [-0.1, -0.05) is 17.3 Å². The molecule has 2 aromatic rings. The number of carbonyl (C=O) groups is 1. The van der Waals surface area contributed by atoms with Crippen molar-refractivity contribution in [3.8, 4) is 0 Å². The largest absolute Gasteiger partial charge is 0.349 e. The van der Waals surface area contributed by atoms with Gasteiger partial charge in [-0.3, -0.25) is 4.79 Å². The van der Waals surface area contributed by atoms with Crippen molar-refractivity contribution in [1.82, 2.24) is 30.5 Å². The van der Waals surface area contributed by atoms with Crippen molar-refractivity contribution >= 4 is 5.91 Å². The topological polar surface area (TPSA) is 75.1 Å². The summed E-state index contributed by atoms with van der Waals surface area (Å²) in [6.07, 6.45) is 3.66. The lowest BCUT2D eigenvalue weighted by atomic mass is 10.1. The predicted octanol–water partition coefficient (Wildman–Crippen LogP) is 1.37. The van der Waals surface area contributed by atoms with Crippen LogP contribution in [0, 0.1) is 5.82 Å². The lowest BCUT2D eigenvalue weighted by Gasteiger charge is -2.25. The number of nitrogens with one attached hydrogen (secondary N) is 2. The summed E-state index contributed by atoms with van der Waals surface area (Å²) in [5.41, 5.74) is 1.12. The smallest absolute Gasteiger partial charge is 0.273 e. The fraction of sp³-hybridized carbons (Fsp3) is 0.500. The Bertz CT molecular complexity index is 741. The van der Waals surface area contributed by atoms with Crippen LogP contribution in [0.3, 0.4) is 0 Å². The third kappa shape index (κ3) is 4.44. The zero-order valence-electron chi connectivity index (χ0n) is 15.2. The van der Waals surface area contributed by atoms with Gasteiger partial charge in [-0.05, 0) is 57.7 Å². The summed E-state index contributed by atoms with van der Waals surface area (Å²) in [6.45, 7) is 2.25. The molecule has 0 radical (unpaired) electrons. The summed E-state index contributed by atoms with van der Waals surface area (Å²) in [4.78, 5) is 14.4. The third-order valence-electron chi connectivity index (χ3n) is 4.74. The lowest BCUT2D eigenvalue weighted by molar-refractivity contribution is 0.0937. The van der Waals surface area contributed by atoms with Gasteiger partial charge >= 0.3 is 0 Å². The van der Waals surface area contributed by atoms with E-state index in [0.29, 0.717) is 12.2 Å². The van der Waals surface area contributed by atoms with Crippen LogP contribution in [-0.2, 0) is 0 Å². The monoisotopic (exact) mass is 360 g/mol. The Morgan fingerprint density at radius 3 is 2.88 bits per heavy atom. The molecule has 0 saturated carbocycles. The van der Waals surface area contributed by atoms with Crippen LogP contribution in [0.2, 0.25) is 0 Å². The standard InChI is InChI=1S/C18H25FN6O/c1-24(2)17(13-4-3-5-14(19)10-13)11-21-18(26)16-12-25(23-22-16)15-6-8-20-9-7-15/h3-5,10,12,15,17,20H,6-9,11H2,1-2H3,(H,21,26). The zero-order valence-corrected chi connectivity index (χ0v) is 15.2. The van der Waals surface area contributed by atoms with Gasteiger partial charge in [0.2, 0.25) is 0 Å². The van der Waals surface area contributed by atoms with E-state index >= 15 is 0 Å². The van der Waals surface area contributed by atoms with Crippen molar-refractivity contribution in [3.63, 3.8) is 0 Å². The molecule has 0 spiro atoms. The Morgan fingerprint density at radius 2 is 2.19 bits per heavy atom. The second-order valence-corrected chi connectivity index (χ2v) is 6.81. The minimum atomic E-state index is -0.286. The number of hydrogen-bond acceptors (Lipinski definition) is 5. The SMILES string of the molecule is CN(C)C(CNC(=O)c1cn(C2CCNCC2)nn1)c1cccc(F)c1. The number of rotatable bonds is 6. The second kappa shape index (κ2) is 8.37. The fourth-order valence-electron chi connectivity index (χ4n) is 3.22. The molecule has 2 heterocycles. The summed E-state index contributed by atoms with van der Waals surface area (Å²) in [5, 5.41) is 14.3. The lowest BCUT2D eigenvalue weighted by Crippen LogP contribution is -2.34. The third-order valence-corrected chi connectivity index (χ3v) is 4.74. The molecule has 140 valence electrons. The molecule has 1 aliphatic rings. The van der Waals surface area contributed by atoms with Crippen molar-refractivity contribution in [2.45, 2.75) is 24.9 Å². The fourth-order valence-corrected chi connectivity index (χ4v) is 3.22. The van der Waals surface area contributed by atoms with Gasteiger partial charge in [0.05, 0.1) is 18.3 Å². The number of likely N-dealkylation sites (N-methyl/N-ethyl adjacent to an activating group) is 1. The first-order chi connectivity index (χ1) is 12.5. The van der Waals surface area contributed by atoms with Crippen LogP contribution in [0.4, 0.5) is 4.39 Å². The quantitative estimate of drug-likeness (QED) is 0.814. The summed E-state index contributed by atoms with van der Waals surface area (Å²) >= 11 is 0. The van der Waals surface area contributed by atoms with E-state index in [1.54, 1.807) is 16.9 Å². The van der Waals surface area contributed by atoms with E-state index in [4.69, 9.17) is 0 Å². The minimum absolute atomic E-state index is 0.130. The Hall–Kier alpha value is -2.32.